The SMILES string of the molecule is Brc1cncc(N2CCCC(CN3CCOCC3)C2)c1. The number of ether oxygens (including phenoxy) is 1. The van der Waals surface area contributed by atoms with E-state index in [0.29, 0.717) is 0 Å². The lowest BCUT2D eigenvalue weighted by molar-refractivity contribution is 0.0296. The Kier molecular flexibility index (Phi) is 4.91. The van der Waals surface area contributed by atoms with Gasteiger partial charge in [0.25, 0.3) is 0 Å². The molecule has 1 unspecified atom stereocenters. The van der Waals surface area contributed by atoms with Crippen LogP contribution in [0.25, 0.3) is 0 Å². The third kappa shape index (κ3) is 3.71. The molecule has 0 aliphatic carbocycles. The van der Waals surface area contributed by atoms with Gasteiger partial charge in [-0.3, -0.25) is 9.88 Å². The number of hydrogen-bond donors (Lipinski definition) is 0. The molecule has 3 rings (SSSR count). The number of rotatable bonds is 3. The summed E-state index contributed by atoms with van der Waals surface area (Å²) in [4.78, 5) is 9.32. The minimum Gasteiger partial charge on any atom is -0.379 e. The molecule has 1 atom stereocenters. The lowest BCUT2D eigenvalue weighted by Gasteiger charge is -2.37. The van der Waals surface area contributed by atoms with Crippen LogP contribution in [-0.2, 0) is 4.74 Å². The zero-order chi connectivity index (χ0) is 13.8. The summed E-state index contributed by atoms with van der Waals surface area (Å²) >= 11 is 3.51. The van der Waals surface area contributed by atoms with Gasteiger partial charge >= 0.3 is 0 Å². The Hall–Kier alpha value is -0.650. The number of aromatic nitrogens is 1. The Bertz CT molecular complexity index is 437. The van der Waals surface area contributed by atoms with E-state index in [1.807, 2.05) is 12.4 Å². The third-order valence-corrected chi connectivity index (χ3v) is 4.63. The molecule has 20 heavy (non-hydrogen) atoms. The maximum absolute atomic E-state index is 5.43. The molecular weight excluding hydrogens is 318 g/mol. The number of pyridine rings is 1. The van der Waals surface area contributed by atoms with Crippen LogP contribution in [0, 0.1) is 5.92 Å². The predicted molar refractivity (Wildman–Crippen MR) is 84.1 cm³/mol. The van der Waals surface area contributed by atoms with Crippen LogP contribution in [0.4, 0.5) is 5.69 Å². The van der Waals surface area contributed by atoms with Crippen molar-refractivity contribution in [3.8, 4) is 0 Å². The fourth-order valence-electron chi connectivity index (χ4n) is 3.17. The number of hydrogen-bond acceptors (Lipinski definition) is 4. The van der Waals surface area contributed by atoms with E-state index in [2.05, 4.69) is 36.8 Å². The van der Waals surface area contributed by atoms with Crippen LogP contribution in [0.3, 0.4) is 0 Å². The Morgan fingerprint density at radius 3 is 2.90 bits per heavy atom. The highest BCUT2D eigenvalue weighted by atomic mass is 79.9. The Labute approximate surface area is 129 Å². The van der Waals surface area contributed by atoms with Crippen LogP contribution in [0.15, 0.2) is 22.9 Å². The van der Waals surface area contributed by atoms with Crippen molar-refractivity contribution in [3.05, 3.63) is 22.9 Å². The average Bonchev–Trinajstić information content (AvgIpc) is 2.49. The summed E-state index contributed by atoms with van der Waals surface area (Å²) in [7, 11) is 0. The lowest BCUT2D eigenvalue weighted by Crippen LogP contribution is -2.44. The number of anilines is 1. The third-order valence-electron chi connectivity index (χ3n) is 4.19. The average molecular weight is 340 g/mol. The summed E-state index contributed by atoms with van der Waals surface area (Å²) in [6.45, 7) is 7.48. The Morgan fingerprint density at radius 1 is 1.25 bits per heavy atom. The summed E-state index contributed by atoms with van der Waals surface area (Å²) in [5.74, 6) is 0.765. The monoisotopic (exact) mass is 339 g/mol. The second-order valence-electron chi connectivity index (χ2n) is 5.73. The lowest BCUT2D eigenvalue weighted by atomic mass is 9.97. The summed E-state index contributed by atoms with van der Waals surface area (Å²) in [5, 5.41) is 0. The number of morpholine rings is 1. The predicted octanol–water partition coefficient (Wildman–Crippen LogP) is 2.39. The van der Waals surface area contributed by atoms with E-state index in [-0.39, 0.29) is 0 Å². The standard InChI is InChI=1S/C15H22BrN3O/c16-14-8-15(10-17-9-14)19-3-1-2-13(12-19)11-18-4-6-20-7-5-18/h8-10,13H,1-7,11-12H2. The molecule has 5 heteroatoms. The molecule has 3 heterocycles. The second-order valence-corrected chi connectivity index (χ2v) is 6.64. The highest BCUT2D eigenvalue weighted by molar-refractivity contribution is 9.10. The topological polar surface area (TPSA) is 28.6 Å². The van der Waals surface area contributed by atoms with Gasteiger partial charge in [0.05, 0.1) is 25.1 Å². The van der Waals surface area contributed by atoms with Gasteiger partial charge in [0.15, 0.2) is 0 Å². The molecule has 1 aromatic heterocycles. The van der Waals surface area contributed by atoms with Gasteiger partial charge in [-0.25, -0.2) is 0 Å². The van der Waals surface area contributed by atoms with E-state index < -0.39 is 0 Å². The largest absolute Gasteiger partial charge is 0.379 e. The van der Waals surface area contributed by atoms with Crippen molar-refractivity contribution in [2.24, 2.45) is 5.92 Å². The van der Waals surface area contributed by atoms with Crippen molar-refractivity contribution < 1.29 is 4.74 Å². The van der Waals surface area contributed by atoms with Gasteiger partial charge in [-0.2, -0.15) is 0 Å². The molecule has 2 aliphatic heterocycles. The van der Waals surface area contributed by atoms with Crippen LogP contribution < -0.4 is 4.90 Å². The molecule has 4 nitrogen and oxygen atoms in total. The quantitative estimate of drug-likeness (QED) is 0.845. The van der Waals surface area contributed by atoms with E-state index >= 15 is 0 Å². The van der Waals surface area contributed by atoms with Crippen molar-refractivity contribution in [1.82, 2.24) is 9.88 Å². The van der Waals surface area contributed by atoms with E-state index in [9.17, 15) is 0 Å². The second kappa shape index (κ2) is 6.87. The van der Waals surface area contributed by atoms with Gasteiger partial charge in [-0.05, 0) is 40.8 Å². The van der Waals surface area contributed by atoms with Crippen molar-refractivity contribution in [1.29, 1.82) is 0 Å². The van der Waals surface area contributed by atoms with Crippen LogP contribution in [0.2, 0.25) is 0 Å². The normalized spacial score (nSPS) is 24.9. The van der Waals surface area contributed by atoms with Gasteiger partial charge in [0.1, 0.15) is 0 Å². The maximum atomic E-state index is 5.43. The molecule has 2 saturated heterocycles. The zero-order valence-electron chi connectivity index (χ0n) is 11.8. The molecule has 0 saturated carbocycles. The van der Waals surface area contributed by atoms with Gasteiger partial charge < -0.3 is 9.64 Å². The highest BCUT2D eigenvalue weighted by Gasteiger charge is 2.23. The summed E-state index contributed by atoms with van der Waals surface area (Å²) < 4.78 is 6.49. The molecule has 2 fully saturated rings. The molecule has 0 radical (unpaired) electrons. The van der Waals surface area contributed by atoms with Crippen molar-refractivity contribution in [2.75, 3.05) is 50.8 Å². The van der Waals surface area contributed by atoms with E-state index in [1.54, 1.807) is 0 Å². The molecule has 0 bridgehead atoms. The maximum Gasteiger partial charge on any atom is 0.0594 e. The smallest absolute Gasteiger partial charge is 0.0594 e. The number of halogens is 1. The minimum atomic E-state index is 0.765. The Balaban J connectivity index is 1.58. The van der Waals surface area contributed by atoms with Crippen molar-refractivity contribution >= 4 is 21.6 Å². The molecule has 0 N–H and O–H groups in total. The molecule has 0 spiro atoms. The number of nitrogens with zero attached hydrogens (tertiary/aromatic N) is 3. The van der Waals surface area contributed by atoms with Gasteiger partial charge in [-0.1, -0.05) is 0 Å². The first-order chi connectivity index (χ1) is 9.81. The van der Waals surface area contributed by atoms with E-state index in [0.717, 1.165) is 49.8 Å². The Morgan fingerprint density at radius 2 is 2.10 bits per heavy atom. The molecule has 0 amide bonds. The van der Waals surface area contributed by atoms with Gasteiger partial charge in [-0.15, -0.1) is 0 Å². The van der Waals surface area contributed by atoms with Gasteiger partial charge in [0, 0.05) is 43.4 Å². The molecule has 0 aromatic carbocycles. The summed E-state index contributed by atoms with van der Waals surface area (Å²) in [6.07, 6.45) is 6.44. The van der Waals surface area contributed by atoms with E-state index in [1.165, 1.54) is 25.1 Å². The van der Waals surface area contributed by atoms with Crippen LogP contribution >= 0.6 is 15.9 Å². The highest BCUT2D eigenvalue weighted by Crippen LogP contribution is 2.25. The molecule has 1 aromatic rings. The van der Waals surface area contributed by atoms with Gasteiger partial charge in [0.2, 0.25) is 0 Å². The summed E-state index contributed by atoms with van der Waals surface area (Å²) in [6, 6.07) is 2.17. The van der Waals surface area contributed by atoms with Crippen molar-refractivity contribution in [2.45, 2.75) is 12.8 Å². The minimum absolute atomic E-state index is 0.765. The summed E-state index contributed by atoms with van der Waals surface area (Å²) in [5.41, 5.74) is 1.24. The van der Waals surface area contributed by atoms with Crippen LogP contribution in [0.5, 0.6) is 0 Å². The first-order valence-corrected chi connectivity index (χ1v) is 8.26. The van der Waals surface area contributed by atoms with Crippen LogP contribution in [0.1, 0.15) is 12.8 Å². The molecular formula is C15H22BrN3O. The molecule has 110 valence electrons. The molecule has 2 aliphatic rings. The first-order valence-electron chi connectivity index (χ1n) is 7.47. The fourth-order valence-corrected chi connectivity index (χ4v) is 3.52. The van der Waals surface area contributed by atoms with Crippen molar-refractivity contribution in [3.63, 3.8) is 0 Å². The van der Waals surface area contributed by atoms with Crippen LogP contribution in [-0.4, -0.2) is 55.8 Å². The fraction of sp³-hybridized carbons (Fsp3) is 0.667. The zero-order valence-corrected chi connectivity index (χ0v) is 13.4. The first kappa shape index (κ1) is 14.3. The van der Waals surface area contributed by atoms with E-state index in [4.69, 9.17) is 4.74 Å². The number of piperidine rings is 1.